The lowest BCUT2D eigenvalue weighted by atomic mass is 9.59. The van der Waals surface area contributed by atoms with E-state index < -0.39 is 0 Å². The van der Waals surface area contributed by atoms with E-state index in [0.29, 0.717) is 11.2 Å². The van der Waals surface area contributed by atoms with Crippen molar-refractivity contribution in [2.75, 3.05) is 39.3 Å². The maximum atomic E-state index is 13.2. The Morgan fingerprint density at radius 1 is 0.846 bits per heavy atom. The van der Waals surface area contributed by atoms with Gasteiger partial charge in [0.15, 0.2) is 0 Å². The van der Waals surface area contributed by atoms with Crippen LogP contribution in [0.4, 0.5) is 0 Å². The van der Waals surface area contributed by atoms with E-state index in [-0.39, 0.29) is 5.41 Å². The Hall–Kier alpha value is -0.410. The van der Waals surface area contributed by atoms with Crippen LogP contribution >= 0.6 is 0 Å². The van der Waals surface area contributed by atoms with Gasteiger partial charge in [0.2, 0.25) is 0 Å². The van der Waals surface area contributed by atoms with Crippen molar-refractivity contribution in [1.82, 2.24) is 9.80 Å². The smallest absolute Gasteiger partial charge is 0.139 e. The van der Waals surface area contributed by atoms with Crippen LogP contribution < -0.4 is 0 Å². The van der Waals surface area contributed by atoms with Gasteiger partial charge in [0.05, 0.1) is 0 Å². The normalized spacial score (nSPS) is 30.3. The number of hydrogen-bond donors (Lipinski definition) is 0. The molecule has 0 aromatic carbocycles. The van der Waals surface area contributed by atoms with Crippen LogP contribution in [0.2, 0.25) is 0 Å². The number of piperidine rings is 1. The van der Waals surface area contributed by atoms with Crippen LogP contribution in [0, 0.1) is 10.8 Å². The van der Waals surface area contributed by atoms with Crippen molar-refractivity contribution in [1.29, 1.82) is 0 Å². The third kappa shape index (κ3) is 4.70. The summed E-state index contributed by atoms with van der Waals surface area (Å²) in [6, 6.07) is 0. The molecule has 0 N–H and O–H groups in total. The summed E-state index contributed by atoms with van der Waals surface area (Å²) in [5.74, 6) is 0.614. The van der Waals surface area contributed by atoms with Gasteiger partial charge in [0, 0.05) is 18.4 Å². The predicted molar refractivity (Wildman–Crippen MR) is 110 cm³/mol. The van der Waals surface area contributed by atoms with Crippen molar-refractivity contribution in [3.63, 3.8) is 0 Å². The molecule has 0 radical (unpaired) electrons. The van der Waals surface area contributed by atoms with E-state index >= 15 is 0 Å². The topological polar surface area (TPSA) is 23.6 Å². The molecule has 26 heavy (non-hydrogen) atoms. The van der Waals surface area contributed by atoms with Gasteiger partial charge in [0.1, 0.15) is 5.78 Å². The molecular formula is C23H42N2O. The van der Waals surface area contributed by atoms with Gasteiger partial charge in [-0.1, -0.05) is 33.1 Å². The second-order valence-electron chi connectivity index (χ2n) is 9.66. The number of carbonyl (C=O) groups excluding carboxylic acids is 1. The van der Waals surface area contributed by atoms with Crippen molar-refractivity contribution < 1.29 is 4.79 Å². The van der Waals surface area contributed by atoms with Crippen molar-refractivity contribution in [3.8, 4) is 0 Å². The first kappa shape index (κ1) is 20.3. The molecule has 2 saturated heterocycles. The first-order chi connectivity index (χ1) is 12.6. The standard InChI is InChI=1S/C23H42N2O/c1-3-9-23(10-4-2)12-11-22(19-21(23)26)13-18-25(20-22)17-8-16-24-14-6-5-7-15-24/h3-20H2,1-2H3. The molecule has 3 aliphatic rings. The van der Waals surface area contributed by atoms with Gasteiger partial charge in [-0.2, -0.15) is 0 Å². The zero-order valence-corrected chi connectivity index (χ0v) is 17.5. The number of hydrogen-bond acceptors (Lipinski definition) is 3. The van der Waals surface area contributed by atoms with E-state index in [1.165, 1.54) is 77.8 Å². The zero-order chi connectivity index (χ0) is 18.5. The van der Waals surface area contributed by atoms with Crippen LogP contribution in [0.5, 0.6) is 0 Å². The predicted octanol–water partition coefficient (Wildman–Crippen LogP) is 4.89. The first-order valence-electron chi connectivity index (χ1n) is 11.6. The molecule has 3 rings (SSSR count). The van der Waals surface area contributed by atoms with E-state index in [2.05, 4.69) is 23.6 Å². The van der Waals surface area contributed by atoms with Gasteiger partial charge < -0.3 is 9.80 Å². The van der Waals surface area contributed by atoms with Crippen LogP contribution in [0.25, 0.3) is 0 Å². The Kier molecular flexibility index (Phi) is 7.18. The fraction of sp³-hybridized carbons (Fsp3) is 0.957. The molecule has 1 atom stereocenters. The molecule has 1 aliphatic carbocycles. The van der Waals surface area contributed by atoms with E-state index in [1.54, 1.807) is 0 Å². The highest BCUT2D eigenvalue weighted by Crippen LogP contribution is 2.51. The van der Waals surface area contributed by atoms with Gasteiger partial charge in [-0.25, -0.2) is 0 Å². The fourth-order valence-electron chi connectivity index (χ4n) is 6.14. The van der Waals surface area contributed by atoms with E-state index in [0.717, 1.165) is 38.5 Å². The zero-order valence-electron chi connectivity index (χ0n) is 17.5. The molecular weight excluding hydrogens is 320 g/mol. The minimum Gasteiger partial charge on any atom is -0.303 e. The molecule has 0 aromatic heterocycles. The molecule has 2 heterocycles. The molecule has 150 valence electrons. The Bertz CT molecular complexity index is 451. The molecule has 1 saturated carbocycles. The van der Waals surface area contributed by atoms with Gasteiger partial charge >= 0.3 is 0 Å². The van der Waals surface area contributed by atoms with Crippen molar-refractivity contribution in [2.24, 2.45) is 10.8 Å². The van der Waals surface area contributed by atoms with Crippen LogP contribution in [0.15, 0.2) is 0 Å². The molecule has 0 amide bonds. The average Bonchev–Trinajstić information content (AvgIpc) is 3.03. The molecule has 1 spiro atoms. The fourth-order valence-corrected chi connectivity index (χ4v) is 6.14. The summed E-state index contributed by atoms with van der Waals surface area (Å²) >= 11 is 0. The average molecular weight is 363 g/mol. The molecule has 3 fully saturated rings. The van der Waals surface area contributed by atoms with Gasteiger partial charge in [-0.3, -0.25) is 4.79 Å². The summed E-state index contributed by atoms with van der Waals surface area (Å²) in [4.78, 5) is 18.5. The minimum absolute atomic E-state index is 0.0381. The van der Waals surface area contributed by atoms with Gasteiger partial charge in [-0.15, -0.1) is 0 Å². The number of nitrogens with zero attached hydrogens (tertiary/aromatic N) is 2. The summed E-state index contributed by atoms with van der Waals surface area (Å²) in [5, 5.41) is 0. The summed E-state index contributed by atoms with van der Waals surface area (Å²) in [7, 11) is 0. The van der Waals surface area contributed by atoms with Crippen LogP contribution in [0.1, 0.15) is 90.9 Å². The Morgan fingerprint density at radius 2 is 1.54 bits per heavy atom. The molecule has 3 heteroatoms. The highest BCUT2D eigenvalue weighted by atomic mass is 16.1. The second-order valence-corrected chi connectivity index (χ2v) is 9.66. The maximum absolute atomic E-state index is 13.2. The maximum Gasteiger partial charge on any atom is 0.139 e. The Morgan fingerprint density at radius 3 is 2.19 bits per heavy atom. The summed E-state index contributed by atoms with van der Waals surface area (Å²) in [6.45, 7) is 12.0. The van der Waals surface area contributed by atoms with Gasteiger partial charge in [0.25, 0.3) is 0 Å². The van der Waals surface area contributed by atoms with E-state index in [1.807, 2.05) is 0 Å². The summed E-state index contributed by atoms with van der Waals surface area (Å²) in [6.07, 6.45) is 14.7. The SMILES string of the molecule is CCCC1(CCC)CCC2(CCN(CCCN3CCCCC3)C2)CC1=O. The lowest BCUT2D eigenvalue weighted by Crippen LogP contribution is -2.43. The monoisotopic (exact) mass is 362 g/mol. The minimum atomic E-state index is 0.0381. The number of Topliss-reactive ketones (excluding diaryl/α,β-unsaturated/α-hetero) is 1. The van der Waals surface area contributed by atoms with Crippen LogP contribution in [-0.2, 0) is 4.79 Å². The van der Waals surface area contributed by atoms with Crippen LogP contribution in [0.3, 0.4) is 0 Å². The lowest BCUT2D eigenvalue weighted by molar-refractivity contribution is -0.137. The molecule has 2 aliphatic heterocycles. The van der Waals surface area contributed by atoms with Crippen LogP contribution in [-0.4, -0.2) is 54.9 Å². The third-order valence-corrected chi connectivity index (χ3v) is 7.63. The van der Waals surface area contributed by atoms with Gasteiger partial charge in [-0.05, 0) is 89.5 Å². The third-order valence-electron chi connectivity index (χ3n) is 7.63. The Labute approximate surface area is 161 Å². The molecule has 0 aromatic rings. The molecule has 1 unspecified atom stereocenters. The van der Waals surface area contributed by atoms with Crippen molar-refractivity contribution in [2.45, 2.75) is 90.9 Å². The van der Waals surface area contributed by atoms with Crippen molar-refractivity contribution in [3.05, 3.63) is 0 Å². The first-order valence-corrected chi connectivity index (χ1v) is 11.6. The number of ketones is 1. The summed E-state index contributed by atoms with van der Waals surface area (Å²) in [5.41, 5.74) is 0.365. The van der Waals surface area contributed by atoms with Crippen molar-refractivity contribution >= 4 is 5.78 Å². The second kappa shape index (κ2) is 9.19. The highest BCUT2D eigenvalue weighted by molar-refractivity contribution is 5.86. The molecule has 0 bridgehead atoms. The number of carbonyl (C=O) groups is 1. The molecule has 3 nitrogen and oxygen atoms in total. The quantitative estimate of drug-likeness (QED) is 0.614. The van der Waals surface area contributed by atoms with E-state index in [4.69, 9.17) is 0 Å². The number of likely N-dealkylation sites (tertiary alicyclic amines) is 2. The largest absolute Gasteiger partial charge is 0.303 e. The highest BCUT2D eigenvalue weighted by Gasteiger charge is 2.49. The summed E-state index contributed by atoms with van der Waals surface area (Å²) < 4.78 is 0. The Balaban J connectivity index is 1.46. The van der Waals surface area contributed by atoms with E-state index in [9.17, 15) is 4.79 Å². The number of rotatable bonds is 8. The lowest BCUT2D eigenvalue weighted by Gasteiger charge is -2.44.